The predicted octanol–water partition coefficient (Wildman–Crippen LogP) is 2.42. The van der Waals surface area contributed by atoms with Crippen molar-refractivity contribution in [3.05, 3.63) is 42.0 Å². The fourth-order valence-electron chi connectivity index (χ4n) is 1.41. The van der Waals surface area contributed by atoms with Crippen molar-refractivity contribution in [3.63, 3.8) is 0 Å². The summed E-state index contributed by atoms with van der Waals surface area (Å²) in [6, 6.07) is 9.47. The van der Waals surface area contributed by atoms with Crippen molar-refractivity contribution in [2.45, 2.75) is 20.0 Å². The second-order valence-electron chi connectivity index (χ2n) is 4.18. The molecule has 0 N–H and O–H groups in total. The van der Waals surface area contributed by atoms with Crippen molar-refractivity contribution < 1.29 is 14.4 Å². The van der Waals surface area contributed by atoms with Gasteiger partial charge < -0.3 is 9.57 Å². The Hall–Kier alpha value is -1.81. The highest BCUT2D eigenvalue weighted by Crippen LogP contribution is 2.12. The van der Waals surface area contributed by atoms with Gasteiger partial charge in [-0.25, -0.2) is 4.79 Å². The summed E-state index contributed by atoms with van der Waals surface area (Å²) in [7, 11) is 3.32. The molecule has 1 aromatic carbocycles. The lowest BCUT2D eigenvalue weighted by molar-refractivity contribution is -0.172. The van der Waals surface area contributed by atoms with Crippen molar-refractivity contribution in [1.29, 1.82) is 0 Å². The molecule has 1 unspecified atom stereocenters. The van der Waals surface area contributed by atoms with Gasteiger partial charge >= 0.3 is 5.97 Å². The third-order valence-electron chi connectivity index (χ3n) is 2.14. The number of carbonyl (C=O) groups is 1. The lowest BCUT2D eigenvalue weighted by Crippen LogP contribution is -2.20. The zero-order chi connectivity index (χ0) is 13.5. The minimum absolute atomic E-state index is 0.192. The monoisotopic (exact) mass is 249 g/mol. The van der Waals surface area contributed by atoms with Crippen LogP contribution in [0.5, 0.6) is 5.75 Å². The molecule has 0 aromatic heterocycles. The van der Waals surface area contributed by atoms with E-state index in [-0.39, 0.29) is 12.1 Å². The van der Waals surface area contributed by atoms with Crippen molar-refractivity contribution in [3.8, 4) is 5.75 Å². The van der Waals surface area contributed by atoms with E-state index in [0.29, 0.717) is 5.57 Å². The Bertz CT molecular complexity index is 412. The summed E-state index contributed by atoms with van der Waals surface area (Å²) < 4.78 is 5.64. The highest BCUT2D eigenvalue weighted by molar-refractivity contribution is 5.87. The van der Waals surface area contributed by atoms with Crippen molar-refractivity contribution in [1.82, 2.24) is 5.06 Å². The van der Waals surface area contributed by atoms with Crippen LogP contribution in [0.1, 0.15) is 13.8 Å². The average molecular weight is 249 g/mol. The lowest BCUT2D eigenvalue weighted by atomic mass is 10.2. The highest BCUT2D eigenvalue weighted by atomic mass is 16.7. The van der Waals surface area contributed by atoms with Crippen LogP contribution in [0, 0.1) is 0 Å². The second-order valence-corrected chi connectivity index (χ2v) is 4.18. The lowest BCUT2D eigenvalue weighted by Gasteiger charge is -2.13. The van der Waals surface area contributed by atoms with Crippen LogP contribution in [0.15, 0.2) is 42.0 Å². The van der Waals surface area contributed by atoms with E-state index >= 15 is 0 Å². The molecule has 0 aliphatic heterocycles. The number of nitrogens with zero attached hydrogens (tertiary/aromatic N) is 1. The molecule has 0 amide bonds. The van der Waals surface area contributed by atoms with Gasteiger partial charge in [-0.05, 0) is 32.1 Å². The van der Waals surface area contributed by atoms with Crippen LogP contribution in [-0.4, -0.2) is 31.2 Å². The van der Waals surface area contributed by atoms with E-state index in [4.69, 9.17) is 9.57 Å². The Labute approximate surface area is 108 Å². The highest BCUT2D eigenvalue weighted by Gasteiger charge is 2.10. The molecule has 1 rings (SSSR count). The maximum Gasteiger partial charge on any atom is 0.352 e. The van der Waals surface area contributed by atoms with Gasteiger partial charge in [-0.15, -0.1) is 5.06 Å². The number of hydrogen-bond donors (Lipinski definition) is 0. The summed E-state index contributed by atoms with van der Waals surface area (Å²) >= 11 is 0. The third-order valence-corrected chi connectivity index (χ3v) is 2.14. The molecule has 0 radical (unpaired) electrons. The van der Waals surface area contributed by atoms with Gasteiger partial charge in [0.1, 0.15) is 11.9 Å². The molecular weight excluding hydrogens is 230 g/mol. The van der Waals surface area contributed by atoms with Gasteiger partial charge in [0.2, 0.25) is 0 Å². The van der Waals surface area contributed by atoms with Gasteiger partial charge in [0, 0.05) is 19.7 Å². The maximum absolute atomic E-state index is 11.6. The number of carbonyl (C=O) groups excluding carboxylic acids is 1. The Morgan fingerprint density at radius 3 is 2.44 bits per heavy atom. The third kappa shape index (κ3) is 5.01. The first kappa shape index (κ1) is 14.3. The first-order chi connectivity index (χ1) is 8.49. The Balaban J connectivity index is 2.57. The number of hydrogen-bond acceptors (Lipinski definition) is 4. The summed E-state index contributed by atoms with van der Waals surface area (Å²) in [5, 5.41) is 1.36. The molecule has 0 saturated carbocycles. The maximum atomic E-state index is 11.6. The van der Waals surface area contributed by atoms with E-state index in [9.17, 15) is 4.79 Å². The summed E-state index contributed by atoms with van der Waals surface area (Å²) in [4.78, 5) is 16.5. The van der Waals surface area contributed by atoms with Crippen LogP contribution < -0.4 is 4.74 Å². The normalized spacial score (nSPS) is 13.3. The molecule has 1 atom stereocenters. The topological polar surface area (TPSA) is 38.8 Å². The fraction of sp³-hybridized carbons (Fsp3) is 0.357. The molecule has 0 aliphatic carbocycles. The first-order valence-corrected chi connectivity index (χ1v) is 5.79. The molecule has 98 valence electrons. The van der Waals surface area contributed by atoms with E-state index in [2.05, 4.69) is 0 Å². The van der Waals surface area contributed by atoms with Gasteiger partial charge in [0.25, 0.3) is 0 Å². The van der Waals surface area contributed by atoms with E-state index < -0.39 is 0 Å². The zero-order valence-electron chi connectivity index (χ0n) is 11.2. The predicted molar refractivity (Wildman–Crippen MR) is 70.1 cm³/mol. The van der Waals surface area contributed by atoms with E-state index in [0.717, 1.165) is 5.75 Å². The minimum atomic E-state index is -0.372. The number of para-hydroxylation sites is 1. The molecule has 18 heavy (non-hydrogen) atoms. The number of ether oxygens (including phenoxy) is 1. The standard InChI is InChI=1S/C14H19NO3/c1-11(14(16)18-15(3)4)10-12(2)17-13-8-6-5-7-9-13/h5-10,12H,1-4H3. The largest absolute Gasteiger partial charge is 0.487 e. The molecule has 0 aliphatic rings. The van der Waals surface area contributed by atoms with Crippen molar-refractivity contribution in [2.24, 2.45) is 0 Å². The summed E-state index contributed by atoms with van der Waals surface area (Å²) in [5.41, 5.74) is 0.520. The Kier molecular flexibility index (Phi) is 5.39. The minimum Gasteiger partial charge on any atom is -0.487 e. The SMILES string of the molecule is CC(=CC(C)Oc1ccccc1)C(=O)ON(C)C. The molecule has 0 heterocycles. The van der Waals surface area contributed by atoms with Crippen LogP contribution >= 0.6 is 0 Å². The van der Waals surface area contributed by atoms with Crippen molar-refractivity contribution in [2.75, 3.05) is 14.1 Å². The quantitative estimate of drug-likeness (QED) is 0.593. The molecule has 0 saturated heterocycles. The Morgan fingerprint density at radius 2 is 1.89 bits per heavy atom. The summed E-state index contributed by atoms with van der Waals surface area (Å²) in [6.07, 6.45) is 1.54. The van der Waals surface area contributed by atoms with Crippen LogP contribution in [0.25, 0.3) is 0 Å². The van der Waals surface area contributed by atoms with Crippen LogP contribution in [0.2, 0.25) is 0 Å². The fourth-order valence-corrected chi connectivity index (χ4v) is 1.41. The first-order valence-electron chi connectivity index (χ1n) is 5.79. The van der Waals surface area contributed by atoms with E-state index in [1.165, 1.54) is 5.06 Å². The van der Waals surface area contributed by atoms with Gasteiger partial charge in [0.05, 0.1) is 0 Å². The van der Waals surface area contributed by atoms with Crippen molar-refractivity contribution >= 4 is 5.97 Å². The van der Waals surface area contributed by atoms with Crippen LogP contribution in [0.4, 0.5) is 0 Å². The molecular formula is C14H19NO3. The van der Waals surface area contributed by atoms with E-state index in [1.54, 1.807) is 27.1 Å². The summed E-state index contributed by atoms with van der Waals surface area (Å²) in [6.45, 7) is 3.58. The molecule has 1 aromatic rings. The van der Waals surface area contributed by atoms with Gasteiger partial charge in [-0.3, -0.25) is 0 Å². The van der Waals surface area contributed by atoms with Gasteiger partial charge in [0.15, 0.2) is 0 Å². The zero-order valence-corrected chi connectivity index (χ0v) is 11.2. The molecule has 4 nitrogen and oxygen atoms in total. The smallest absolute Gasteiger partial charge is 0.352 e. The molecule has 0 spiro atoms. The molecule has 0 bridgehead atoms. The van der Waals surface area contributed by atoms with E-state index in [1.807, 2.05) is 37.3 Å². The number of hydroxylamine groups is 2. The molecule has 0 fully saturated rings. The summed E-state index contributed by atoms with van der Waals surface area (Å²) in [5.74, 6) is 0.401. The molecule has 4 heteroatoms. The second kappa shape index (κ2) is 6.81. The van der Waals surface area contributed by atoms with Crippen LogP contribution in [-0.2, 0) is 9.63 Å². The number of benzene rings is 1. The number of rotatable bonds is 5. The Morgan fingerprint density at radius 1 is 1.28 bits per heavy atom. The van der Waals surface area contributed by atoms with Crippen LogP contribution in [0.3, 0.4) is 0 Å². The van der Waals surface area contributed by atoms with Gasteiger partial charge in [-0.1, -0.05) is 18.2 Å². The van der Waals surface area contributed by atoms with Gasteiger partial charge in [-0.2, -0.15) is 0 Å². The average Bonchev–Trinajstić information content (AvgIpc) is 2.29.